The molecule has 0 radical (unpaired) electrons. The molecule has 0 aliphatic carbocycles. The maximum Gasteiger partial charge on any atom is 0.295 e. The average Bonchev–Trinajstić information content (AvgIpc) is 3.01. The van der Waals surface area contributed by atoms with Crippen LogP contribution in [0.4, 0.5) is 5.69 Å². The van der Waals surface area contributed by atoms with Crippen molar-refractivity contribution < 1.29 is 29.5 Å². The molecule has 3 rings (SSSR count). The number of ketones is 1. The van der Waals surface area contributed by atoms with Gasteiger partial charge in [-0.1, -0.05) is 29.3 Å². The summed E-state index contributed by atoms with van der Waals surface area (Å²) in [4.78, 5) is 37.2. The number of nitrogens with zero attached hydrogens (tertiary/aromatic N) is 2. The van der Waals surface area contributed by atoms with Gasteiger partial charge in [-0.2, -0.15) is 0 Å². The summed E-state index contributed by atoms with van der Waals surface area (Å²) < 4.78 is 5.23. The number of ether oxygens (including phenoxy) is 1. The summed E-state index contributed by atoms with van der Waals surface area (Å²) in [6.45, 7) is -0.122. The number of hydrogen-bond acceptors (Lipinski definition) is 7. The molecule has 1 aliphatic rings. The van der Waals surface area contributed by atoms with Crippen LogP contribution >= 0.6 is 23.2 Å². The highest BCUT2D eigenvalue weighted by Gasteiger charge is 2.46. The molecule has 1 heterocycles. The molecular weight excluding hydrogens is 463 g/mol. The van der Waals surface area contributed by atoms with Crippen LogP contribution in [0.2, 0.25) is 10.0 Å². The normalized spacial score (nSPS) is 17.7. The van der Waals surface area contributed by atoms with Crippen LogP contribution in [0.3, 0.4) is 0 Å². The van der Waals surface area contributed by atoms with Gasteiger partial charge in [0.05, 0.1) is 36.4 Å². The van der Waals surface area contributed by atoms with Crippen LogP contribution in [0.25, 0.3) is 5.76 Å². The number of aliphatic hydroxyl groups is 2. The van der Waals surface area contributed by atoms with Crippen LogP contribution in [-0.4, -0.2) is 58.1 Å². The minimum atomic E-state index is -1.03. The minimum absolute atomic E-state index is 0.00869. The van der Waals surface area contributed by atoms with Gasteiger partial charge in [0.1, 0.15) is 5.76 Å². The molecule has 11 heteroatoms. The third kappa shape index (κ3) is 4.76. The summed E-state index contributed by atoms with van der Waals surface area (Å²) in [6, 6.07) is 8.43. The molecule has 0 bridgehead atoms. The van der Waals surface area contributed by atoms with Crippen molar-refractivity contribution in [2.75, 3.05) is 26.4 Å². The molecule has 1 fully saturated rings. The van der Waals surface area contributed by atoms with Crippen molar-refractivity contribution in [1.82, 2.24) is 4.90 Å². The molecule has 1 amide bonds. The number of hydrogen-bond donors (Lipinski definition) is 2. The second-order valence-corrected chi connectivity index (χ2v) is 7.64. The van der Waals surface area contributed by atoms with Gasteiger partial charge >= 0.3 is 0 Å². The van der Waals surface area contributed by atoms with Gasteiger partial charge in [-0.3, -0.25) is 19.7 Å². The number of non-ortho nitro benzene ring substituents is 1. The number of benzene rings is 2. The first-order chi connectivity index (χ1) is 15.3. The summed E-state index contributed by atoms with van der Waals surface area (Å²) >= 11 is 12.3. The lowest BCUT2D eigenvalue weighted by atomic mass is 9.95. The molecule has 0 spiro atoms. The van der Waals surface area contributed by atoms with Gasteiger partial charge in [0, 0.05) is 34.3 Å². The number of aliphatic hydroxyl groups excluding tert-OH is 2. The van der Waals surface area contributed by atoms with E-state index in [4.69, 9.17) is 33.0 Å². The first-order valence-corrected chi connectivity index (χ1v) is 10.2. The topological polar surface area (TPSA) is 130 Å². The Balaban J connectivity index is 2.10. The van der Waals surface area contributed by atoms with Gasteiger partial charge in [-0.15, -0.1) is 0 Å². The standard InChI is InChI=1S/C21H18Cl2N2O7/c22-13-3-6-15(16(23)11-13)18-17(19(27)12-1-4-14(5-2-12)25(30)31)20(28)21(29)24(18)7-9-32-10-8-26/h1-6,11,18,26-27H,7-10H2/b19-17+/t18-/m0/s1. The number of Topliss-reactive ketones (excluding diaryl/α,β-unsaturated/α-hetero) is 1. The van der Waals surface area contributed by atoms with E-state index < -0.39 is 28.4 Å². The van der Waals surface area contributed by atoms with Crippen LogP contribution in [0.5, 0.6) is 0 Å². The van der Waals surface area contributed by atoms with E-state index in [1.807, 2.05) is 0 Å². The number of amides is 1. The second-order valence-electron chi connectivity index (χ2n) is 6.80. The van der Waals surface area contributed by atoms with Gasteiger partial charge < -0.3 is 19.8 Å². The summed E-state index contributed by atoms with van der Waals surface area (Å²) in [6.07, 6.45) is 0. The molecule has 0 unspecified atom stereocenters. The maximum atomic E-state index is 12.9. The molecule has 0 aromatic heterocycles. The predicted molar refractivity (Wildman–Crippen MR) is 116 cm³/mol. The molecule has 1 saturated heterocycles. The van der Waals surface area contributed by atoms with Crippen molar-refractivity contribution in [2.45, 2.75) is 6.04 Å². The molecule has 168 valence electrons. The molecule has 32 heavy (non-hydrogen) atoms. The Kier molecular flexibility index (Phi) is 7.47. The Morgan fingerprint density at radius 2 is 1.81 bits per heavy atom. The average molecular weight is 481 g/mol. The molecule has 1 atom stereocenters. The highest BCUT2D eigenvalue weighted by atomic mass is 35.5. The van der Waals surface area contributed by atoms with E-state index in [0.717, 1.165) is 0 Å². The Bertz CT molecular complexity index is 1090. The van der Waals surface area contributed by atoms with E-state index in [1.165, 1.54) is 41.3 Å². The fourth-order valence-corrected chi connectivity index (χ4v) is 3.90. The zero-order valence-electron chi connectivity index (χ0n) is 16.5. The minimum Gasteiger partial charge on any atom is -0.507 e. The Hall–Kier alpha value is -2.98. The van der Waals surface area contributed by atoms with Crippen molar-refractivity contribution in [1.29, 1.82) is 0 Å². The van der Waals surface area contributed by atoms with E-state index >= 15 is 0 Å². The van der Waals surface area contributed by atoms with Gasteiger partial charge in [-0.05, 0) is 29.8 Å². The van der Waals surface area contributed by atoms with E-state index in [-0.39, 0.29) is 48.2 Å². The number of halogens is 2. The Morgan fingerprint density at radius 1 is 1.12 bits per heavy atom. The Labute approximate surface area is 192 Å². The van der Waals surface area contributed by atoms with Crippen LogP contribution < -0.4 is 0 Å². The third-order valence-corrected chi connectivity index (χ3v) is 5.42. The van der Waals surface area contributed by atoms with E-state index in [0.29, 0.717) is 10.6 Å². The number of carbonyl (C=O) groups is 2. The lowest BCUT2D eigenvalue weighted by molar-refractivity contribution is -0.384. The highest BCUT2D eigenvalue weighted by Crippen LogP contribution is 2.42. The van der Waals surface area contributed by atoms with E-state index in [2.05, 4.69) is 0 Å². The monoisotopic (exact) mass is 480 g/mol. The lowest BCUT2D eigenvalue weighted by Gasteiger charge is -2.26. The van der Waals surface area contributed by atoms with Gasteiger partial charge in [0.15, 0.2) is 0 Å². The summed E-state index contributed by atoms with van der Waals surface area (Å²) in [5, 5.41) is 31.2. The SMILES string of the molecule is O=C1C(=O)N(CCOCCO)[C@@H](c2ccc(Cl)cc2Cl)/C1=C(\O)c1ccc([N+](=O)[O-])cc1. The number of carbonyl (C=O) groups excluding carboxylic acids is 2. The summed E-state index contributed by atoms with van der Waals surface area (Å²) in [5.41, 5.74) is 0.0802. The van der Waals surface area contributed by atoms with Crippen LogP contribution in [0, 0.1) is 10.1 Å². The predicted octanol–water partition coefficient (Wildman–Crippen LogP) is 3.33. The molecule has 2 aromatic rings. The number of nitro groups is 1. The van der Waals surface area contributed by atoms with Crippen molar-refractivity contribution in [3.63, 3.8) is 0 Å². The van der Waals surface area contributed by atoms with Crippen LogP contribution in [-0.2, 0) is 14.3 Å². The molecular formula is C21H18Cl2N2O7. The maximum absolute atomic E-state index is 12.9. The van der Waals surface area contributed by atoms with Crippen molar-refractivity contribution in [3.05, 3.63) is 79.3 Å². The fraction of sp³-hybridized carbons (Fsp3) is 0.238. The summed E-state index contributed by atoms with van der Waals surface area (Å²) in [7, 11) is 0. The van der Waals surface area contributed by atoms with Crippen molar-refractivity contribution in [3.8, 4) is 0 Å². The Morgan fingerprint density at radius 3 is 2.41 bits per heavy atom. The largest absolute Gasteiger partial charge is 0.507 e. The van der Waals surface area contributed by atoms with E-state index in [1.54, 1.807) is 6.07 Å². The quantitative estimate of drug-likeness (QED) is 0.148. The molecule has 1 aliphatic heterocycles. The van der Waals surface area contributed by atoms with Gasteiger partial charge in [0.25, 0.3) is 17.4 Å². The van der Waals surface area contributed by atoms with Crippen molar-refractivity contribution in [2.24, 2.45) is 0 Å². The van der Waals surface area contributed by atoms with Crippen molar-refractivity contribution >= 4 is 46.3 Å². The number of nitro benzene ring substituents is 1. The van der Waals surface area contributed by atoms with Gasteiger partial charge in [0.2, 0.25) is 0 Å². The van der Waals surface area contributed by atoms with Crippen LogP contribution in [0.1, 0.15) is 17.2 Å². The molecule has 2 aromatic carbocycles. The molecule has 9 nitrogen and oxygen atoms in total. The summed E-state index contributed by atoms with van der Waals surface area (Å²) in [5.74, 6) is -2.29. The lowest BCUT2D eigenvalue weighted by Crippen LogP contribution is -2.33. The fourth-order valence-electron chi connectivity index (χ4n) is 3.38. The molecule has 2 N–H and O–H groups in total. The molecule has 0 saturated carbocycles. The zero-order chi connectivity index (χ0) is 23.4. The first kappa shape index (κ1) is 23.7. The van der Waals surface area contributed by atoms with E-state index in [9.17, 15) is 24.8 Å². The zero-order valence-corrected chi connectivity index (χ0v) is 18.0. The number of likely N-dealkylation sites (tertiary alicyclic amines) is 1. The van der Waals surface area contributed by atoms with Crippen LogP contribution in [0.15, 0.2) is 48.0 Å². The van der Waals surface area contributed by atoms with Gasteiger partial charge in [-0.25, -0.2) is 0 Å². The third-order valence-electron chi connectivity index (χ3n) is 4.86. The first-order valence-electron chi connectivity index (χ1n) is 9.43. The number of rotatable bonds is 8. The smallest absolute Gasteiger partial charge is 0.295 e. The second kappa shape index (κ2) is 10.1. The highest BCUT2D eigenvalue weighted by molar-refractivity contribution is 6.47.